The van der Waals surface area contributed by atoms with E-state index >= 15 is 0 Å². The maximum absolute atomic E-state index is 11.5. The van der Waals surface area contributed by atoms with Crippen molar-refractivity contribution in [2.45, 2.75) is 44.1 Å². The van der Waals surface area contributed by atoms with Crippen molar-refractivity contribution in [2.75, 3.05) is 18.8 Å². The molecule has 0 aliphatic heterocycles. The molecule has 25 heavy (non-hydrogen) atoms. The fourth-order valence-electron chi connectivity index (χ4n) is 2.85. The van der Waals surface area contributed by atoms with Crippen LogP contribution in [0.3, 0.4) is 0 Å². The smallest absolute Gasteiger partial charge is 0.116 e. The summed E-state index contributed by atoms with van der Waals surface area (Å²) < 4.78 is 0. The van der Waals surface area contributed by atoms with E-state index in [1.165, 1.54) is 11.3 Å². The van der Waals surface area contributed by atoms with Gasteiger partial charge in [-0.1, -0.05) is 63.2 Å². The molecule has 0 heterocycles. The van der Waals surface area contributed by atoms with Crippen LogP contribution in [0.15, 0.2) is 59.5 Å². The van der Waals surface area contributed by atoms with Crippen molar-refractivity contribution in [1.29, 1.82) is 0 Å². The molecular formula is C22H31NOS. The predicted octanol–water partition coefficient (Wildman–Crippen LogP) is 5.06. The van der Waals surface area contributed by atoms with Gasteiger partial charge in [0.15, 0.2) is 0 Å². The van der Waals surface area contributed by atoms with Crippen LogP contribution in [-0.4, -0.2) is 23.9 Å². The lowest BCUT2D eigenvalue weighted by atomic mass is 9.83. The molecule has 1 unspecified atom stereocenters. The first kappa shape index (κ1) is 20.0. The summed E-state index contributed by atoms with van der Waals surface area (Å²) in [6.45, 7) is 8.30. The number of rotatable bonds is 10. The van der Waals surface area contributed by atoms with Crippen LogP contribution < -0.4 is 5.32 Å². The molecule has 3 heteroatoms. The second-order valence-electron chi connectivity index (χ2n) is 6.89. The van der Waals surface area contributed by atoms with Crippen molar-refractivity contribution in [3.63, 3.8) is 0 Å². The Kier molecular flexibility index (Phi) is 8.01. The van der Waals surface area contributed by atoms with Gasteiger partial charge < -0.3 is 10.4 Å². The molecule has 0 saturated carbocycles. The molecule has 0 radical (unpaired) electrons. The molecule has 2 N–H and O–H groups in total. The lowest BCUT2D eigenvalue weighted by Crippen LogP contribution is -2.32. The topological polar surface area (TPSA) is 32.3 Å². The van der Waals surface area contributed by atoms with Gasteiger partial charge in [0, 0.05) is 4.90 Å². The predicted molar refractivity (Wildman–Crippen MR) is 109 cm³/mol. The maximum atomic E-state index is 11.5. The minimum Gasteiger partial charge on any atom is -0.380 e. The molecule has 2 rings (SSSR count). The minimum absolute atomic E-state index is 0.657. The molecule has 0 aliphatic rings. The van der Waals surface area contributed by atoms with Crippen LogP contribution in [0.1, 0.15) is 44.7 Å². The average molecular weight is 358 g/mol. The molecule has 2 nitrogen and oxygen atoms in total. The highest BCUT2D eigenvalue weighted by Crippen LogP contribution is 2.34. The van der Waals surface area contributed by atoms with E-state index in [1.807, 2.05) is 42.1 Å². The van der Waals surface area contributed by atoms with Crippen molar-refractivity contribution >= 4 is 11.8 Å². The summed E-state index contributed by atoms with van der Waals surface area (Å²) in [6, 6.07) is 18.4. The SMILES string of the molecule is CCNCCC(O)(c1ccccc1)c1ccc(SCCC(C)C)cc1. The lowest BCUT2D eigenvalue weighted by molar-refractivity contribution is 0.0712. The van der Waals surface area contributed by atoms with Crippen molar-refractivity contribution in [3.8, 4) is 0 Å². The average Bonchev–Trinajstić information content (AvgIpc) is 2.63. The second kappa shape index (κ2) is 10.0. The van der Waals surface area contributed by atoms with E-state index in [-0.39, 0.29) is 0 Å². The third kappa shape index (κ3) is 5.88. The monoisotopic (exact) mass is 357 g/mol. The number of thioether (sulfide) groups is 1. The molecule has 0 amide bonds. The first-order valence-electron chi connectivity index (χ1n) is 9.28. The van der Waals surface area contributed by atoms with Crippen LogP contribution in [0.25, 0.3) is 0 Å². The standard InChI is InChI=1S/C22H31NOS/c1-4-23-16-15-22(24,19-8-6-5-7-9-19)20-10-12-21(13-11-20)25-17-14-18(2)3/h5-13,18,23-24H,4,14-17H2,1-3H3. The number of benzene rings is 2. The van der Waals surface area contributed by atoms with E-state index in [4.69, 9.17) is 0 Å². The largest absolute Gasteiger partial charge is 0.380 e. The fraction of sp³-hybridized carbons (Fsp3) is 0.455. The minimum atomic E-state index is -0.954. The fourth-order valence-corrected chi connectivity index (χ4v) is 4.01. The Balaban J connectivity index is 2.16. The lowest BCUT2D eigenvalue weighted by Gasteiger charge is -2.30. The highest BCUT2D eigenvalue weighted by molar-refractivity contribution is 7.99. The third-order valence-corrected chi connectivity index (χ3v) is 5.51. The summed E-state index contributed by atoms with van der Waals surface area (Å²) in [5.74, 6) is 1.88. The first-order chi connectivity index (χ1) is 12.1. The second-order valence-corrected chi connectivity index (χ2v) is 8.05. The van der Waals surface area contributed by atoms with E-state index < -0.39 is 5.60 Å². The van der Waals surface area contributed by atoms with E-state index in [0.29, 0.717) is 6.42 Å². The van der Waals surface area contributed by atoms with Crippen molar-refractivity contribution in [3.05, 3.63) is 65.7 Å². The van der Waals surface area contributed by atoms with E-state index in [9.17, 15) is 5.11 Å². The summed E-state index contributed by atoms with van der Waals surface area (Å²) in [4.78, 5) is 1.27. The molecule has 136 valence electrons. The van der Waals surface area contributed by atoms with Gasteiger partial charge in [-0.25, -0.2) is 0 Å². The summed E-state index contributed by atoms with van der Waals surface area (Å²) >= 11 is 1.89. The third-order valence-electron chi connectivity index (χ3n) is 4.46. The Bertz CT molecular complexity index is 612. The Hall–Kier alpha value is -1.29. The van der Waals surface area contributed by atoms with Gasteiger partial charge in [0.1, 0.15) is 5.60 Å². The summed E-state index contributed by atoms with van der Waals surface area (Å²) in [7, 11) is 0. The number of hydrogen-bond donors (Lipinski definition) is 2. The molecule has 0 fully saturated rings. The zero-order valence-corrected chi connectivity index (χ0v) is 16.5. The van der Waals surface area contributed by atoms with Crippen LogP contribution in [0.4, 0.5) is 0 Å². The Morgan fingerprint density at radius 1 is 1.00 bits per heavy atom. The van der Waals surface area contributed by atoms with E-state index in [0.717, 1.165) is 35.9 Å². The molecule has 0 saturated heterocycles. The molecule has 2 aromatic rings. The van der Waals surface area contributed by atoms with Gasteiger partial charge in [-0.15, -0.1) is 11.8 Å². The quantitative estimate of drug-likeness (QED) is 0.460. The summed E-state index contributed by atoms with van der Waals surface area (Å²) in [5.41, 5.74) is 0.961. The van der Waals surface area contributed by atoms with Crippen LogP contribution >= 0.6 is 11.8 Å². The highest BCUT2D eigenvalue weighted by atomic mass is 32.2. The molecule has 0 spiro atoms. The van der Waals surface area contributed by atoms with Gasteiger partial charge in [0.2, 0.25) is 0 Å². The van der Waals surface area contributed by atoms with Crippen molar-refractivity contribution in [2.24, 2.45) is 5.92 Å². The first-order valence-corrected chi connectivity index (χ1v) is 10.3. The number of nitrogens with one attached hydrogen (secondary N) is 1. The Labute approximate surface area is 157 Å². The van der Waals surface area contributed by atoms with Crippen LogP contribution in [-0.2, 0) is 5.60 Å². The van der Waals surface area contributed by atoms with Gasteiger partial charge in [-0.3, -0.25) is 0 Å². The van der Waals surface area contributed by atoms with Gasteiger partial charge >= 0.3 is 0 Å². The number of aliphatic hydroxyl groups is 1. The molecule has 0 bridgehead atoms. The molecule has 0 aliphatic carbocycles. The Morgan fingerprint density at radius 2 is 1.64 bits per heavy atom. The normalized spacial score (nSPS) is 13.8. The summed E-state index contributed by atoms with van der Waals surface area (Å²) in [6.07, 6.45) is 1.88. The molecular weight excluding hydrogens is 326 g/mol. The zero-order valence-electron chi connectivity index (χ0n) is 15.7. The number of hydrogen-bond acceptors (Lipinski definition) is 3. The maximum Gasteiger partial charge on any atom is 0.116 e. The Morgan fingerprint density at radius 3 is 2.24 bits per heavy atom. The van der Waals surface area contributed by atoms with Gasteiger partial charge in [0.05, 0.1) is 0 Å². The van der Waals surface area contributed by atoms with Crippen molar-refractivity contribution in [1.82, 2.24) is 5.32 Å². The van der Waals surface area contributed by atoms with E-state index in [1.54, 1.807) is 0 Å². The van der Waals surface area contributed by atoms with Crippen molar-refractivity contribution < 1.29 is 5.11 Å². The molecule has 0 aromatic heterocycles. The van der Waals surface area contributed by atoms with Crippen LogP contribution in [0, 0.1) is 5.92 Å². The highest BCUT2D eigenvalue weighted by Gasteiger charge is 2.30. The van der Waals surface area contributed by atoms with Gasteiger partial charge in [0.25, 0.3) is 0 Å². The molecule has 2 aromatic carbocycles. The van der Waals surface area contributed by atoms with Gasteiger partial charge in [-0.05, 0) is 60.9 Å². The molecule has 1 atom stereocenters. The summed E-state index contributed by atoms with van der Waals surface area (Å²) in [5, 5.41) is 14.8. The van der Waals surface area contributed by atoms with E-state index in [2.05, 4.69) is 50.4 Å². The van der Waals surface area contributed by atoms with Gasteiger partial charge in [-0.2, -0.15) is 0 Å². The van der Waals surface area contributed by atoms with Crippen LogP contribution in [0.2, 0.25) is 0 Å². The van der Waals surface area contributed by atoms with Crippen LogP contribution in [0.5, 0.6) is 0 Å². The zero-order chi connectivity index (χ0) is 18.1.